The number of nitrogens with one attached hydrogen (secondary N) is 1. The standard InChI is InChI=1S/C21H17N5O2/c27-21(25-18-5-8-20(24-13-18)26-11-10-23-15-26)17-3-6-19(7-4-17)28-14-16-2-1-9-22-12-16/h1-13,15H,14H2,(H,25,27). The van der Waals surface area contributed by atoms with Gasteiger partial charge in [-0.05, 0) is 42.5 Å². The molecule has 7 heteroatoms. The Hall–Kier alpha value is -4.00. The molecule has 0 atom stereocenters. The SMILES string of the molecule is O=C(Nc1ccc(-n2ccnc2)nc1)c1ccc(OCc2cccnc2)cc1. The van der Waals surface area contributed by atoms with Crippen LogP contribution in [-0.2, 0) is 6.61 Å². The molecule has 0 aliphatic carbocycles. The van der Waals surface area contributed by atoms with Crippen LogP contribution >= 0.6 is 0 Å². The lowest BCUT2D eigenvalue weighted by atomic mass is 10.2. The fourth-order valence-corrected chi connectivity index (χ4v) is 2.56. The summed E-state index contributed by atoms with van der Waals surface area (Å²) in [5.74, 6) is 1.20. The molecule has 28 heavy (non-hydrogen) atoms. The van der Waals surface area contributed by atoms with Gasteiger partial charge < -0.3 is 10.1 Å². The Morgan fingerprint density at radius 3 is 2.57 bits per heavy atom. The number of benzene rings is 1. The van der Waals surface area contributed by atoms with Crippen LogP contribution in [0.3, 0.4) is 0 Å². The van der Waals surface area contributed by atoms with Gasteiger partial charge in [0.25, 0.3) is 5.91 Å². The van der Waals surface area contributed by atoms with Crippen molar-refractivity contribution >= 4 is 11.6 Å². The van der Waals surface area contributed by atoms with E-state index in [1.807, 2.05) is 18.2 Å². The molecular formula is C21H17N5O2. The van der Waals surface area contributed by atoms with Gasteiger partial charge in [-0.1, -0.05) is 6.07 Å². The van der Waals surface area contributed by atoms with Crippen LogP contribution in [0.5, 0.6) is 5.75 Å². The van der Waals surface area contributed by atoms with Crippen molar-refractivity contribution in [1.29, 1.82) is 0 Å². The van der Waals surface area contributed by atoms with Crippen molar-refractivity contribution in [1.82, 2.24) is 19.5 Å². The molecule has 1 amide bonds. The van der Waals surface area contributed by atoms with Gasteiger partial charge in [0.05, 0.1) is 11.9 Å². The third-order valence-corrected chi connectivity index (χ3v) is 4.02. The smallest absolute Gasteiger partial charge is 0.255 e. The molecule has 0 aliphatic heterocycles. The Morgan fingerprint density at radius 1 is 1.00 bits per heavy atom. The second kappa shape index (κ2) is 8.13. The van der Waals surface area contributed by atoms with Crippen molar-refractivity contribution in [2.45, 2.75) is 6.61 Å². The molecule has 1 N–H and O–H groups in total. The van der Waals surface area contributed by atoms with Gasteiger partial charge in [0.2, 0.25) is 0 Å². The summed E-state index contributed by atoms with van der Waals surface area (Å²) < 4.78 is 7.49. The largest absolute Gasteiger partial charge is 0.489 e. The Balaban J connectivity index is 1.35. The number of ether oxygens (including phenoxy) is 1. The normalized spacial score (nSPS) is 10.4. The van der Waals surface area contributed by atoms with Crippen molar-refractivity contribution in [2.24, 2.45) is 0 Å². The molecule has 3 heterocycles. The summed E-state index contributed by atoms with van der Waals surface area (Å²) in [5.41, 5.74) is 2.13. The third-order valence-electron chi connectivity index (χ3n) is 4.02. The van der Waals surface area contributed by atoms with Crippen molar-refractivity contribution in [2.75, 3.05) is 5.32 Å². The van der Waals surface area contributed by atoms with E-state index < -0.39 is 0 Å². The van der Waals surface area contributed by atoms with E-state index in [1.54, 1.807) is 72.2 Å². The molecule has 0 bridgehead atoms. The number of nitrogens with zero attached hydrogens (tertiary/aromatic N) is 4. The number of rotatable bonds is 6. The van der Waals surface area contributed by atoms with Crippen LogP contribution in [-0.4, -0.2) is 25.4 Å². The van der Waals surface area contributed by atoms with Crippen LogP contribution in [0.25, 0.3) is 5.82 Å². The second-order valence-corrected chi connectivity index (χ2v) is 6.00. The molecule has 0 saturated heterocycles. The van der Waals surface area contributed by atoms with Gasteiger partial charge in [-0.2, -0.15) is 0 Å². The van der Waals surface area contributed by atoms with E-state index in [0.717, 1.165) is 11.4 Å². The van der Waals surface area contributed by atoms with Crippen LogP contribution in [0.4, 0.5) is 5.69 Å². The molecule has 4 rings (SSSR count). The van der Waals surface area contributed by atoms with E-state index in [0.29, 0.717) is 23.6 Å². The number of imidazole rings is 1. The number of carbonyl (C=O) groups is 1. The molecule has 1 aromatic carbocycles. The molecule has 0 spiro atoms. The number of carbonyl (C=O) groups excluding carboxylic acids is 1. The summed E-state index contributed by atoms with van der Waals surface area (Å²) >= 11 is 0. The monoisotopic (exact) mass is 371 g/mol. The lowest BCUT2D eigenvalue weighted by Crippen LogP contribution is -2.12. The Labute approximate surface area is 161 Å². The maximum Gasteiger partial charge on any atom is 0.255 e. The highest BCUT2D eigenvalue weighted by molar-refractivity contribution is 6.04. The highest BCUT2D eigenvalue weighted by atomic mass is 16.5. The summed E-state index contributed by atoms with van der Waals surface area (Å²) in [7, 11) is 0. The maximum absolute atomic E-state index is 12.4. The number of aromatic nitrogens is 4. The van der Waals surface area contributed by atoms with Gasteiger partial charge in [0.1, 0.15) is 24.5 Å². The molecule has 3 aromatic heterocycles. The first-order chi connectivity index (χ1) is 13.8. The molecule has 0 unspecified atom stereocenters. The second-order valence-electron chi connectivity index (χ2n) is 6.00. The molecule has 0 radical (unpaired) electrons. The first-order valence-electron chi connectivity index (χ1n) is 8.65. The molecule has 138 valence electrons. The Kier molecular flexibility index (Phi) is 5.06. The van der Waals surface area contributed by atoms with Crippen LogP contribution < -0.4 is 10.1 Å². The zero-order chi connectivity index (χ0) is 19.2. The molecular weight excluding hydrogens is 354 g/mol. The van der Waals surface area contributed by atoms with Crippen LogP contribution in [0.2, 0.25) is 0 Å². The molecule has 4 aromatic rings. The van der Waals surface area contributed by atoms with Crippen LogP contribution in [0.15, 0.2) is 85.8 Å². The van der Waals surface area contributed by atoms with Gasteiger partial charge >= 0.3 is 0 Å². The summed E-state index contributed by atoms with van der Waals surface area (Å²) in [6.45, 7) is 0.425. The summed E-state index contributed by atoms with van der Waals surface area (Å²) in [6.07, 6.45) is 10.2. The molecule has 7 nitrogen and oxygen atoms in total. The minimum atomic E-state index is -0.212. The Bertz CT molecular complexity index is 1030. The van der Waals surface area contributed by atoms with E-state index in [-0.39, 0.29) is 5.91 Å². The quantitative estimate of drug-likeness (QED) is 0.561. The minimum Gasteiger partial charge on any atom is -0.489 e. The van der Waals surface area contributed by atoms with Gasteiger partial charge in [-0.15, -0.1) is 0 Å². The van der Waals surface area contributed by atoms with Crippen LogP contribution in [0.1, 0.15) is 15.9 Å². The van der Waals surface area contributed by atoms with Gasteiger partial charge in [0, 0.05) is 35.9 Å². The Morgan fingerprint density at radius 2 is 1.89 bits per heavy atom. The first-order valence-corrected chi connectivity index (χ1v) is 8.65. The summed E-state index contributed by atoms with van der Waals surface area (Å²) in [5, 5.41) is 2.83. The van der Waals surface area contributed by atoms with E-state index >= 15 is 0 Å². The predicted octanol–water partition coefficient (Wildman–Crippen LogP) is 3.49. The number of amides is 1. The molecule has 0 saturated carbocycles. The average Bonchev–Trinajstić information content (AvgIpc) is 3.29. The van der Waals surface area contributed by atoms with Crippen molar-refractivity contribution in [3.63, 3.8) is 0 Å². The zero-order valence-corrected chi connectivity index (χ0v) is 14.9. The maximum atomic E-state index is 12.4. The molecule has 0 aliphatic rings. The van der Waals surface area contributed by atoms with Gasteiger partial charge in [-0.3, -0.25) is 14.3 Å². The third kappa shape index (κ3) is 4.21. The number of anilines is 1. The van der Waals surface area contributed by atoms with Gasteiger partial charge in [-0.25, -0.2) is 9.97 Å². The van der Waals surface area contributed by atoms with Crippen molar-refractivity contribution in [3.8, 4) is 11.6 Å². The minimum absolute atomic E-state index is 0.212. The highest BCUT2D eigenvalue weighted by Crippen LogP contribution is 2.16. The molecule has 0 fully saturated rings. The topological polar surface area (TPSA) is 81.9 Å². The predicted molar refractivity (Wildman–Crippen MR) is 104 cm³/mol. The van der Waals surface area contributed by atoms with Crippen molar-refractivity contribution in [3.05, 3.63) is 97.0 Å². The van der Waals surface area contributed by atoms with Crippen molar-refractivity contribution < 1.29 is 9.53 Å². The first kappa shape index (κ1) is 17.4. The van der Waals surface area contributed by atoms with Crippen LogP contribution in [0, 0.1) is 0 Å². The average molecular weight is 371 g/mol. The summed E-state index contributed by atoms with van der Waals surface area (Å²) in [6, 6.07) is 14.4. The van der Waals surface area contributed by atoms with E-state index in [4.69, 9.17) is 4.74 Å². The van der Waals surface area contributed by atoms with E-state index in [1.165, 1.54) is 0 Å². The van der Waals surface area contributed by atoms with E-state index in [2.05, 4.69) is 20.3 Å². The van der Waals surface area contributed by atoms with E-state index in [9.17, 15) is 4.79 Å². The zero-order valence-electron chi connectivity index (χ0n) is 14.9. The van der Waals surface area contributed by atoms with Gasteiger partial charge in [0.15, 0.2) is 0 Å². The highest BCUT2D eigenvalue weighted by Gasteiger charge is 2.07. The lowest BCUT2D eigenvalue weighted by molar-refractivity contribution is 0.102. The number of hydrogen-bond acceptors (Lipinski definition) is 5. The number of hydrogen-bond donors (Lipinski definition) is 1. The lowest BCUT2D eigenvalue weighted by Gasteiger charge is -2.08. The summed E-state index contributed by atoms with van der Waals surface area (Å²) in [4.78, 5) is 24.8. The fraction of sp³-hybridized carbons (Fsp3) is 0.0476. The number of pyridine rings is 2. The fourth-order valence-electron chi connectivity index (χ4n) is 2.56.